The summed E-state index contributed by atoms with van der Waals surface area (Å²) in [7, 11) is 1.75. The van der Waals surface area contributed by atoms with Crippen LogP contribution in [-0.4, -0.2) is 47.0 Å². The van der Waals surface area contributed by atoms with Gasteiger partial charge in [-0.3, -0.25) is 14.2 Å². The first-order valence-corrected chi connectivity index (χ1v) is 13.1. The molecule has 0 saturated carbocycles. The molecule has 0 unspecified atom stereocenters. The molecule has 0 spiro atoms. The van der Waals surface area contributed by atoms with Crippen LogP contribution in [0.15, 0.2) is 34.2 Å². The summed E-state index contributed by atoms with van der Waals surface area (Å²) in [5.74, 6) is -0.112. The SMILES string of the molecule is C[C@@H](Sc1nc2sc3c(c2c(=O)n1C)CCCC3)C(=O)Nc1ccc(N2CCOCC2)cc1. The van der Waals surface area contributed by atoms with Gasteiger partial charge in [0, 0.05) is 36.4 Å². The van der Waals surface area contributed by atoms with Crippen LogP contribution in [0.25, 0.3) is 10.2 Å². The molecule has 9 heteroatoms. The Morgan fingerprint density at radius 1 is 1.18 bits per heavy atom. The number of carbonyl (C=O) groups is 1. The summed E-state index contributed by atoms with van der Waals surface area (Å²) in [6.07, 6.45) is 4.29. The Kier molecular flexibility index (Phi) is 6.44. The second-order valence-electron chi connectivity index (χ2n) is 8.55. The Morgan fingerprint density at radius 3 is 2.67 bits per heavy atom. The van der Waals surface area contributed by atoms with E-state index in [1.165, 1.54) is 28.6 Å². The zero-order valence-electron chi connectivity index (χ0n) is 18.9. The lowest BCUT2D eigenvalue weighted by Crippen LogP contribution is -2.36. The summed E-state index contributed by atoms with van der Waals surface area (Å²) < 4.78 is 7.00. The van der Waals surface area contributed by atoms with E-state index in [9.17, 15) is 9.59 Å². The average Bonchev–Trinajstić information content (AvgIpc) is 3.21. The Bertz CT molecular complexity index is 1230. The Hall–Kier alpha value is -2.36. The molecule has 3 aromatic rings. The number of fused-ring (bicyclic) bond motifs is 3. The highest BCUT2D eigenvalue weighted by Crippen LogP contribution is 2.35. The van der Waals surface area contributed by atoms with E-state index in [0.29, 0.717) is 5.16 Å². The molecule has 1 amide bonds. The quantitative estimate of drug-likeness (QED) is 0.438. The van der Waals surface area contributed by atoms with Gasteiger partial charge in [-0.1, -0.05) is 11.8 Å². The first-order chi connectivity index (χ1) is 16.0. The highest BCUT2D eigenvalue weighted by atomic mass is 32.2. The maximum absolute atomic E-state index is 13.1. The molecule has 1 atom stereocenters. The summed E-state index contributed by atoms with van der Waals surface area (Å²) in [6.45, 7) is 5.08. The van der Waals surface area contributed by atoms with Crippen molar-refractivity contribution in [2.24, 2.45) is 7.05 Å². The van der Waals surface area contributed by atoms with Gasteiger partial charge in [0.25, 0.3) is 5.56 Å². The number of hydrogen-bond donors (Lipinski definition) is 1. The number of hydrogen-bond acceptors (Lipinski definition) is 7. The van der Waals surface area contributed by atoms with Crippen LogP contribution in [0.5, 0.6) is 0 Å². The lowest BCUT2D eigenvalue weighted by Gasteiger charge is -2.28. The predicted molar refractivity (Wildman–Crippen MR) is 135 cm³/mol. The van der Waals surface area contributed by atoms with E-state index >= 15 is 0 Å². The van der Waals surface area contributed by atoms with Crippen LogP contribution < -0.4 is 15.8 Å². The first kappa shape index (κ1) is 22.4. The summed E-state index contributed by atoms with van der Waals surface area (Å²) >= 11 is 2.96. The van der Waals surface area contributed by atoms with Gasteiger partial charge in [0.05, 0.1) is 23.8 Å². The van der Waals surface area contributed by atoms with Crippen molar-refractivity contribution < 1.29 is 9.53 Å². The molecule has 2 aromatic heterocycles. The number of benzene rings is 1. The molecular formula is C24H28N4O3S2. The van der Waals surface area contributed by atoms with Crippen molar-refractivity contribution in [3.63, 3.8) is 0 Å². The number of thiophene rings is 1. The van der Waals surface area contributed by atoms with Crippen LogP contribution in [0.1, 0.15) is 30.2 Å². The third-order valence-electron chi connectivity index (χ3n) is 6.32. The van der Waals surface area contributed by atoms with Crippen molar-refractivity contribution in [1.29, 1.82) is 0 Å². The van der Waals surface area contributed by atoms with E-state index < -0.39 is 5.25 Å². The molecule has 2 aliphatic rings. The number of carbonyl (C=O) groups excluding carboxylic acids is 1. The first-order valence-electron chi connectivity index (χ1n) is 11.4. The van der Waals surface area contributed by atoms with E-state index in [0.717, 1.165) is 67.2 Å². The van der Waals surface area contributed by atoms with Crippen molar-refractivity contribution in [2.45, 2.75) is 43.0 Å². The molecule has 1 fully saturated rings. The average molecular weight is 485 g/mol. The zero-order valence-corrected chi connectivity index (χ0v) is 20.6. The highest BCUT2D eigenvalue weighted by Gasteiger charge is 2.23. The fraction of sp³-hybridized carbons (Fsp3) is 0.458. The monoisotopic (exact) mass is 484 g/mol. The topological polar surface area (TPSA) is 76.5 Å². The molecule has 0 bridgehead atoms. The number of thioether (sulfide) groups is 1. The van der Waals surface area contributed by atoms with Crippen LogP contribution in [0.2, 0.25) is 0 Å². The van der Waals surface area contributed by atoms with Gasteiger partial charge in [0.15, 0.2) is 5.16 Å². The fourth-order valence-corrected chi connectivity index (χ4v) is 6.58. The van der Waals surface area contributed by atoms with Gasteiger partial charge in [-0.15, -0.1) is 11.3 Å². The molecule has 33 heavy (non-hydrogen) atoms. The number of morpholine rings is 1. The molecule has 7 nitrogen and oxygen atoms in total. The molecular weight excluding hydrogens is 456 g/mol. The van der Waals surface area contributed by atoms with Crippen molar-refractivity contribution >= 4 is 50.6 Å². The van der Waals surface area contributed by atoms with Gasteiger partial charge in [0.1, 0.15) is 4.83 Å². The second kappa shape index (κ2) is 9.48. The van der Waals surface area contributed by atoms with Crippen LogP contribution in [0.4, 0.5) is 11.4 Å². The third-order valence-corrected chi connectivity index (χ3v) is 8.65. The highest BCUT2D eigenvalue weighted by molar-refractivity contribution is 8.00. The number of nitrogens with one attached hydrogen (secondary N) is 1. The summed E-state index contributed by atoms with van der Waals surface area (Å²) in [5, 5.41) is 3.95. The van der Waals surface area contributed by atoms with E-state index in [-0.39, 0.29) is 11.5 Å². The molecule has 1 aliphatic carbocycles. The predicted octanol–water partition coefficient (Wildman–Crippen LogP) is 3.83. The standard InChI is InChI=1S/C24H28N4O3S2/c1-15(21(29)25-16-7-9-17(10-8-16)28-11-13-31-14-12-28)32-24-26-22-20(23(30)27(24)2)18-5-3-4-6-19(18)33-22/h7-10,15H,3-6,11-14H2,1-2H3,(H,25,29)/t15-/m1/s1. The maximum atomic E-state index is 13.1. The smallest absolute Gasteiger partial charge is 0.262 e. The molecule has 174 valence electrons. The lowest BCUT2D eigenvalue weighted by atomic mass is 9.97. The van der Waals surface area contributed by atoms with E-state index in [1.54, 1.807) is 23.0 Å². The van der Waals surface area contributed by atoms with E-state index in [2.05, 4.69) is 10.2 Å². The Balaban J connectivity index is 1.29. The molecule has 1 N–H and O–H groups in total. The third kappa shape index (κ3) is 4.54. The van der Waals surface area contributed by atoms with E-state index in [1.807, 2.05) is 31.2 Å². The van der Waals surface area contributed by atoms with Gasteiger partial charge >= 0.3 is 0 Å². The Labute approximate surface area is 201 Å². The van der Waals surface area contributed by atoms with Gasteiger partial charge in [-0.2, -0.15) is 0 Å². The molecule has 1 aliphatic heterocycles. The van der Waals surface area contributed by atoms with Crippen molar-refractivity contribution in [3.8, 4) is 0 Å². The number of amides is 1. The van der Waals surface area contributed by atoms with E-state index in [4.69, 9.17) is 9.72 Å². The largest absolute Gasteiger partial charge is 0.378 e. The van der Waals surface area contributed by atoms with Crippen LogP contribution >= 0.6 is 23.1 Å². The molecule has 1 saturated heterocycles. The summed E-state index contributed by atoms with van der Waals surface area (Å²) in [5.41, 5.74) is 3.07. The van der Waals surface area contributed by atoms with Crippen LogP contribution in [0, 0.1) is 0 Å². The van der Waals surface area contributed by atoms with Crippen molar-refractivity contribution in [2.75, 3.05) is 36.5 Å². The zero-order chi connectivity index (χ0) is 22.9. The van der Waals surface area contributed by atoms with Gasteiger partial charge in [0.2, 0.25) is 5.91 Å². The van der Waals surface area contributed by atoms with Crippen LogP contribution in [-0.2, 0) is 29.4 Å². The number of nitrogens with zero attached hydrogens (tertiary/aromatic N) is 3. The van der Waals surface area contributed by atoms with Crippen LogP contribution in [0.3, 0.4) is 0 Å². The van der Waals surface area contributed by atoms with Gasteiger partial charge in [-0.05, 0) is 62.4 Å². The van der Waals surface area contributed by atoms with Gasteiger partial charge in [-0.25, -0.2) is 4.98 Å². The minimum Gasteiger partial charge on any atom is -0.378 e. The normalized spacial score (nSPS) is 17.1. The summed E-state index contributed by atoms with van der Waals surface area (Å²) in [4.78, 5) is 35.1. The molecule has 1 aromatic carbocycles. The number of anilines is 2. The van der Waals surface area contributed by atoms with Gasteiger partial charge < -0.3 is 15.0 Å². The molecule has 3 heterocycles. The lowest BCUT2D eigenvalue weighted by molar-refractivity contribution is -0.115. The number of rotatable bonds is 5. The molecule has 0 radical (unpaired) electrons. The number of aryl methyl sites for hydroxylation is 2. The minimum atomic E-state index is -0.394. The van der Waals surface area contributed by atoms with Crippen molar-refractivity contribution in [1.82, 2.24) is 9.55 Å². The summed E-state index contributed by atoms with van der Waals surface area (Å²) in [6, 6.07) is 7.90. The fourth-order valence-electron chi connectivity index (χ4n) is 4.41. The maximum Gasteiger partial charge on any atom is 0.262 e. The second-order valence-corrected chi connectivity index (χ2v) is 10.9. The molecule has 5 rings (SSSR count). The Morgan fingerprint density at radius 2 is 1.91 bits per heavy atom. The number of aromatic nitrogens is 2. The van der Waals surface area contributed by atoms with Crippen molar-refractivity contribution in [3.05, 3.63) is 45.1 Å². The minimum absolute atomic E-state index is 0.00629. The number of ether oxygens (including phenoxy) is 1.